The molecule has 0 radical (unpaired) electrons. The molecule has 6 aliphatic rings. The third-order valence-electron chi connectivity index (χ3n) is 13.7. The van der Waals surface area contributed by atoms with Crippen molar-refractivity contribution in [2.24, 2.45) is 17.8 Å². The van der Waals surface area contributed by atoms with E-state index in [1.807, 2.05) is 0 Å². The molecular weight excluding hydrogens is 757 g/mol. The van der Waals surface area contributed by atoms with Crippen LogP contribution in [0.25, 0.3) is 33.7 Å². The molecule has 10 rings (SSSR count). The summed E-state index contributed by atoms with van der Waals surface area (Å²) in [5, 5.41) is 9.01. The summed E-state index contributed by atoms with van der Waals surface area (Å²) in [7, 11) is 0. The van der Waals surface area contributed by atoms with Crippen molar-refractivity contribution in [1.82, 2.24) is 16.2 Å². The number of furan rings is 1. The van der Waals surface area contributed by atoms with Crippen LogP contribution in [0.5, 0.6) is 0 Å². The highest BCUT2D eigenvalue weighted by Crippen LogP contribution is 2.41. The van der Waals surface area contributed by atoms with Crippen LogP contribution >= 0.6 is 0 Å². The molecule has 0 spiro atoms. The van der Waals surface area contributed by atoms with E-state index in [2.05, 4.69) is 185 Å². The lowest BCUT2D eigenvalue weighted by molar-refractivity contribution is 0.272. The Kier molecular flexibility index (Phi) is 12.5. The second-order valence-corrected chi connectivity index (χ2v) is 17.9. The van der Waals surface area contributed by atoms with Gasteiger partial charge < -0.3 is 9.73 Å². The molecule has 0 amide bonds. The number of benzene rings is 3. The first-order chi connectivity index (χ1) is 30.7. The molecule has 0 saturated heterocycles. The summed E-state index contributed by atoms with van der Waals surface area (Å²) in [6, 6.07) is 22.7. The molecule has 1 heterocycles. The molecule has 314 valence electrons. The minimum atomic E-state index is 0.152. The molecule has 4 N–H and O–H groups in total. The van der Waals surface area contributed by atoms with Crippen LogP contribution in [0.4, 0.5) is 11.4 Å². The summed E-state index contributed by atoms with van der Waals surface area (Å²) in [5.74, 6) is 2.81. The van der Waals surface area contributed by atoms with Crippen molar-refractivity contribution in [3.05, 3.63) is 191 Å². The summed E-state index contributed by atoms with van der Waals surface area (Å²) in [6.07, 6.45) is 50.2. The average molecular weight is 817 g/mol. The number of fused-ring (bicyclic) bond motifs is 3. The van der Waals surface area contributed by atoms with Gasteiger partial charge in [-0.1, -0.05) is 139 Å². The van der Waals surface area contributed by atoms with Crippen LogP contribution in [0.2, 0.25) is 0 Å². The normalized spacial score (nSPS) is 23.3. The Bertz CT molecular complexity index is 2580. The van der Waals surface area contributed by atoms with Gasteiger partial charge in [-0.3, -0.25) is 10.7 Å². The number of anilines is 2. The fraction of sp³-hybridized carbons (Fsp3) is 0.298. The van der Waals surface area contributed by atoms with Gasteiger partial charge in [0.1, 0.15) is 11.3 Å². The van der Waals surface area contributed by atoms with Gasteiger partial charge in [0.2, 0.25) is 0 Å². The molecule has 5 nitrogen and oxygen atoms in total. The second kappa shape index (κ2) is 19.1. The lowest BCUT2D eigenvalue weighted by atomic mass is 9.75. The summed E-state index contributed by atoms with van der Waals surface area (Å²) >= 11 is 0. The third kappa shape index (κ3) is 9.36. The molecule has 3 aromatic carbocycles. The first-order valence-electron chi connectivity index (χ1n) is 23.2. The molecule has 62 heavy (non-hydrogen) atoms. The number of aryl methyl sites for hydroxylation is 1. The largest absolute Gasteiger partial charge is 0.460 e. The number of hydrazine groups is 1. The Morgan fingerprint density at radius 3 is 2.53 bits per heavy atom. The lowest BCUT2D eigenvalue weighted by Gasteiger charge is -2.34. The van der Waals surface area contributed by atoms with Gasteiger partial charge in [0.05, 0.1) is 6.17 Å². The molecule has 4 aromatic rings. The van der Waals surface area contributed by atoms with Crippen molar-refractivity contribution in [2.45, 2.75) is 76.3 Å². The van der Waals surface area contributed by atoms with Crippen LogP contribution < -0.4 is 21.5 Å². The minimum absolute atomic E-state index is 0.152. The van der Waals surface area contributed by atoms with Gasteiger partial charge in [0, 0.05) is 59.2 Å². The lowest BCUT2D eigenvalue weighted by Crippen LogP contribution is -2.54. The fourth-order valence-electron chi connectivity index (χ4n) is 10.2. The topological polar surface area (TPSA) is 61.3 Å². The van der Waals surface area contributed by atoms with Crippen LogP contribution in [0.15, 0.2) is 173 Å². The van der Waals surface area contributed by atoms with E-state index in [1.54, 1.807) is 0 Å². The Hall–Kier alpha value is -5.72. The Balaban J connectivity index is 0.851. The number of para-hydroxylation sites is 1. The molecule has 5 atom stereocenters. The van der Waals surface area contributed by atoms with E-state index in [0.29, 0.717) is 23.7 Å². The molecule has 0 bridgehead atoms. The summed E-state index contributed by atoms with van der Waals surface area (Å²) in [5.41, 5.74) is 20.9. The zero-order valence-corrected chi connectivity index (χ0v) is 35.9. The first-order valence-corrected chi connectivity index (χ1v) is 23.2. The quantitative estimate of drug-likeness (QED) is 0.0580. The van der Waals surface area contributed by atoms with Crippen LogP contribution in [0, 0.1) is 17.8 Å². The highest BCUT2D eigenvalue weighted by Gasteiger charge is 2.29. The predicted molar refractivity (Wildman–Crippen MR) is 261 cm³/mol. The number of rotatable bonds is 14. The Morgan fingerprint density at radius 2 is 1.66 bits per heavy atom. The average Bonchev–Trinajstić information content (AvgIpc) is 3.72. The second-order valence-electron chi connectivity index (χ2n) is 17.9. The molecular formula is C57H60N4O. The van der Waals surface area contributed by atoms with Crippen LogP contribution in [0.3, 0.4) is 0 Å². The fourth-order valence-corrected chi connectivity index (χ4v) is 10.2. The summed E-state index contributed by atoms with van der Waals surface area (Å²) in [6.45, 7) is 1.74. The van der Waals surface area contributed by atoms with E-state index in [9.17, 15) is 0 Å². The van der Waals surface area contributed by atoms with Gasteiger partial charge in [0.25, 0.3) is 0 Å². The van der Waals surface area contributed by atoms with E-state index in [-0.39, 0.29) is 6.17 Å². The van der Waals surface area contributed by atoms with Gasteiger partial charge in [-0.25, -0.2) is 5.43 Å². The van der Waals surface area contributed by atoms with Crippen molar-refractivity contribution >= 4 is 34.0 Å². The van der Waals surface area contributed by atoms with Crippen LogP contribution in [-0.2, 0) is 6.42 Å². The zero-order chi connectivity index (χ0) is 41.5. The summed E-state index contributed by atoms with van der Waals surface area (Å²) in [4.78, 5) is 0. The monoisotopic (exact) mass is 816 g/mol. The molecule has 6 aliphatic carbocycles. The Labute approximate surface area is 368 Å². The van der Waals surface area contributed by atoms with E-state index in [1.165, 1.54) is 56.3 Å². The van der Waals surface area contributed by atoms with E-state index >= 15 is 0 Å². The SMILES string of the molecule is C1=CCCC(CNNC(NCC2=CCCC=C2)C2C=CC(C3C=CC=C(c4ccccc4Nc4cc(-c5ccc6c7c(oc6c5)CCC=C7)cc(C5C=CC=CC5)c4)C3)CC2)=C1. The van der Waals surface area contributed by atoms with Gasteiger partial charge in [-0.05, 0) is 128 Å². The molecule has 1 aromatic heterocycles. The predicted octanol–water partition coefficient (Wildman–Crippen LogP) is 13.5. The van der Waals surface area contributed by atoms with E-state index < -0.39 is 0 Å². The molecule has 0 saturated carbocycles. The maximum atomic E-state index is 6.42. The van der Waals surface area contributed by atoms with Crippen molar-refractivity contribution in [3.63, 3.8) is 0 Å². The number of nitrogens with one attached hydrogen (secondary N) is 4. The van der Waals surface area contributed by atoms with Crippen LogP contribution in [0.1, 0.15) is 86.2 Å². The number of hydrogen-bond donors (Lipinski definition) is 4. The van der Waals surface area contributed by atoms with Crippen molar-refractivity contribution in [2.75, 3.05) is 18.4 Å². The van der Waals surface area contributed by atoms with E-state index in [4.69, 9.17) is 4.42 Å². The van der Waals surface area contributed by atoms with Gasteiger partial charge >= 0.3 is 0 Å². The molecule has 5 heteroatoms. The first kappa shape index (κ1) is 40.4. The Morgan fingerprint density at radius 1 is 0.710 bits per heavy atom. The molecule has 5 unspecified atom stereocenters. The van der Waals surface area contributed by atoms with Crippen molar-refractivity contribution in [1.29, 1.82) is 0 Å². The number of allylic oxidation sites excluding steroid dienone is 15. The standard InChI is InChI=1S/C57H60N4O/c1-4-15-40(16-5-1)38-58-57(61-59-39-41-17-6-2-7-18-41)44-29-27-43(28-30-44)45-21-14-22-47(33-45)51-23-10-12-25-54(51)60-50-35-48(42-19-8-3-9-20-42)34-49(36-50)46-31-32-53-52-24-11-13-26-55(52)62-56(53)37-46/h2-4,6,8-12,14-17,19,21-25,27,29,31-32,34-37,42-45,57-61H,1,5,7,13,18,20,26,28,30,33,38-39H2. The molecule has 0 aliphatic heterocycles. The van der Waals surface area contributed by atoms with Gasteiger partial charge in [-0.15, -0.1) is 0 Å². The van der Waals surface area contributed by atoms with Crippen molar-refractivity contribution in [3.8, 4) is 11.1 Å². The minimum Gasteiger partial charge on any atom is -0.460 e. The van der Waals surface area contributed by atoms with Crippen LogP contribution in [-0.4, -0.2) is 19.3 Å². The maximum Gasteiger partial charge on any atom is 0.135 e. The smallest absolute Gasteiger partial charge is 0.135 e. The zero-order valence-electron chi connectivity index (χ0n) is 35.9. The van der Waals surface area contributed by atoms with Gasteiger partial charge in [0.15, 0.2) is 0 Å². The van der Waals surface area contributed by atoms with E-state index in [0.717, 1.165) is 93.6 Å². The third-order valence-corrected chi connectivity index (χ3v) is 13.7. The number of hydrogen-bond acceptors (Lipinski definition) is 5. The van der Waals surface area contributed by atoms with Gasteiger partial charge in [-0.2, -0.15) is 0 Å². The maximum absolute atomic E-state index is 6.42. The highest BCUT2D eigenvalue weighted by atomic mass is 16.3. The van der Waals surface area contributed by atoms with Crippen molar-refractivity contribution < 1.29 is 4.42 Å². The molecule has 0 fully saturated rings. The summed E-state index contributed by atoms with van der Waals surface area (Å²) < 4.78 is 6.42. The highest BCUT2D eigenvalue weighted by molar-refractivity contribution is 5.92.